The molecule has 2 heterocycles. The van der Waals surface area contributed by atoms with Crippen LogP contribution >= 0.6 is 0 Å². The molecule has 0 radical (unpaired) electrons. The molecule has 1 N–H and O–H groups in total. The average molecular weight is 398 g/mol. The molecule has 0 aliphatic carbocycles. The van der Waals surface area contributed by atoms with Gasteiger partial charge in [0.25, 0.3) is 5.91 Å². The fourth-order valence-electron chi connectivity index (χ4n) is 3.41. The predicted octanol–water partition coefficient (Wildman–Crippen LogP) is 4.83. The van der Waals surface area contributed by atoms with Crippen LogP contribution < -0.4 is 10.2 Å². The molecule has 1 aliphatic heterocycles. The Labute approximate surface area is 165 Å². The highest BCUT2D eigenvalue weighted by molar-refractivity contribution is 6.04. The maximum absolute atomic E-state index is 12.8. The molecule has 1 aromatic heterocycles. The van der Waals surface area contributed by atoms with Crippen LogP contribution in [-0.4, -0.2) is 21.9 Å². The third-order valence-corrected chi connectivity index (χ3v) is 4.77. The number of rotatable bonds is 3. The van der Waals surface area contributed by atoms with E-state index in [-0.39, 0.29) is 17.3 Å². The minimum atomic E-state index is -4.48. The molecule has 0 bridgehead atoms. The summed E-state index contributed by atoms with van der Waals surface area (Å²) in [5, 5.41) is 2.45. The van der Waals surface area contributed by atoms with Crippen LogP contribution in [0.25, 0.3) is 0 Å². The van der Waals surface area contributed by atoms with Crippen LogP contribution in [-0.2, 0) is 12.6 Å². The quantitative estimate of drug-likeness (QED) is 0.687. The highest BCUT2D eigenvalue weighted by atomic mass is 19.4. The molecule has 3 aromatic rings. The normalized spacial score (nSPS) is 15.9. The van der Waals surface area contributed by atoms with Crippen molar-refractivity contribution in [3.8, 4) is 0 Å². The lowest BCUT2D eigenvalue weighted by molar-refractivity contribution is -0.137. The fourth-order valence-corrected chi connectivity index (χ4v) is 3.41. The molecule has 5 nitrogen and oxygen atoms in total. The minimum absolute atomic E-state index is 0.0518. The SMILES string of the molecule is CC1Cc2ccccc2N1c1ncc(C(=O)Nc2cccc(C(F)(F)F)c2)cn1. The van der Waals surface area contributed by atoms with E-state index in [0.717, 1.165) is 24.2 Å². The number of nitrogens with one attached hydrogen (secondary N) is 1. The van der Waals surface area contributed by atoms with Crippen LogP contribution in [0.1, 0.15) is 28.4 Å². The Hall–Kier alpha value is -3.42. The highest BCUT2D eigenvalue weighted by Crippen LogP contribution is 2.36. The third kappa shape index (κ3) is 3.78. The summed E-state index contributed by atoms with van der Waals surface area (Å²) in [4.78, 5) is 23.0. The van der Waals surface area contributed by atoms with Crippen molar-refractivity contribution in [2.75, 3.05) is 10.2 Å². The molecule has 148 valence electrons. The summed E-state index contributed by atoms with van der Waals surface area (Å²) in [5.41, 5.74) is 1.61. The Morgan fingerprint density at radius 1 is 1.10 bits per heavy atom. The second-order valence-electron chi connectivity index (χ2n) is 6.86. The number of aromatic nitrogens is 2. The standard InChI is InChI=1S/C21H17F3N4O/c1-13-9-14-5-2-3-8-18(14)28(13)20-25-11-15(12-26-20)19(29)27-17-7-4-6-16(10-17)21(22,23)24/h2-8,10-13H,9H2,1H3,(H,27,29). The zero-order chi connectivity index (χ0) is 20.6. The molecule has 1 unspecified atom stereocenters. The summed E-state index contributed by atoms with van der Waals surface area (Å²) < 4.78 is 38.5. The van der Waals surface area contributed by atoms with Gasteiger partial charge in [-0.2, -0.15) is 13.2 Å². The summed E-state index contributed by atoms with van der Waals surface area (Å²) in [6, 6.07) is 12.6. The molecule has 8 heteroatoms. The molecule has 0 fully saturated rings. The summed E-state index contributed by atoms with van der Waals surface area (Å²) >= 11 is 0. The molecule has 1 aliphatic rings. The van der Waals surface area contributed by atoms with Gasteiger partial charge in [0.1, 0.15) is 0 Å². The van der Waals surface area contributed by atoms with E-state index in [1.165, 1.54) is 30.1 Å². The number of amides is 1. The predicted molar refractivity (Wildman–Crippen MR) is 103 cm³/mol. The van der Waals surface area contributed by atoms with Gasteiger partial charge in [0.05, 0.1) is 11.1 Å². The molecule has 1 amide bonds. The minimum Gasteiger partial charge on any atom is -0.322 e. The first-order chi connectivity index (χ1) is 13.8. The number of carbonyl (C=O) groups is 1. The Morgan fingerprint density at radius 2 is 1.83 bits per heavy atom. The van der Waals surface area contributed by atoms with Crippen LogP contribution in [0, 0.1) is 0 Å². The number of hydrogen-bond acceptors (Lipinski definition) is 4. The Bertz CT molecular complexity index is 1050. The van der Waals surface area contributed by atoms with Gasteiger partial charge < -0.3 is 10.2 Å². The van der Waals surface area contributed by atoms with Crippen LogP contribution in [0.2, 0.25) is 0 Å². The van der Waals surface area contributed by atoms with Gasteiger partial charge in [-0.15, -0.1) is 0 Å². The van der Waals surface area contributed by atoms with Crippen molar-refractivity contribution < 1.29 is 18.0 Å². The largest absolute Gasteiger partial charge is 0.416 e. The Kier molecular flexibility index (Phi) is 4.70. The lowest BCUT2D eigenvalue weighted by Crippen LogP contribution is -2.26. The van der Waals surface area contributed by atoms with Gasteiger partial charge in [0.2, 0.25) is 5.95 Å². The first kappa shape index (κ1) is 18.9. The Morgan fingerprint density at radius 3 is 2.55 bits per heavy atom. The molecule has 0 saturated carbocycles. The topological polar surface area (TPSA) is 58.1 Å². The number of carbonyl (C=O) groups excluding carboxylic acids is 1. The molecular weight excluding hydrogens is 381 g/mol. The van der Waals surface area contributed by atoms with Crippen LogP contribution in [0.5, 0.6) is 0 Å². The maximum Gasteiger partial charge on any atom is 0.416 e. The van der Waals surface area contributed by atoms with Crippen LogP contribution in [0.4, 0.5) is 30.5 Å². The zero-order valence-corrected chi connectivity index (χ0v) is 15.4. The summed E-state index contributed by atoms with van der Waals surface area (Å²) in [6.45, 7) is 2.07. The average Bonchev–Trinajstić information content (AvgIpc) is 3.03. The molecule has 0 saturated heterocycles. The van der Waals surface area contributed by atoms with E-state index in [1.807, 2.05) is 23.1 Å². The van der Waals surface area contributed by atoms with Crippen molar-refractivity contribution in [1.82, 2.24) is 9.97 Å². The highest BCUT2D eigenvalue weighted by Gasteiger charge is 2.31. The lowest BCUT2D eigenvalue weighted by atomic mass is 10.1. The van der Waals surface area contributed by atoms with Gasteiger partial charge in [0.15, 0.2) is 0 Å². The van der Waals surface area contributed by atoms with E-state index >= 15 is 0 Å². The summed E-state index contributed by atoms with van der Waals surface area (Å²) in [6.07, 6.45) is -0.858. The number of anilines is 3. The van der Waals surface area contributed by atoms with E-state index in [4.69, 9.17) is 0 Å². The smallest absolute Gasteiger partial charge is 0.322 e. The van der Waals surface area contributed by atoms with E-state index in [9.17, 15) is 18.0 Å². The molecule has 29 heavy (non-hydrogen) atoms. The van der Waals surface area contributed by atoms with Gasteiger partial charge in [-0.3, -0.25) is 4.79 Å². The first-order valence-electron chi connectivity index (χ1n) is 9.01. The van der Waals surface area contributed by atoms with Gasteiger partial charge in [-0.1, -0.05) is 24.3 Å². The van der Waals surface area contributed by atoms with E-state index < -0.39 is 17.6 Å². The molecule has 1 atom stereocenters. The van der Waals surface area contributed by atoms with Gasteiger partial charge in [-0.25, -0.2) is 9.97 Å². The number of benzene rings is 2. The van der Waals surface area contributed by atoms with Gasteiger partial charge in [-0.05, 0) is 43.2 Å². The molecular formula is C21H17F3N4O. The number of para-hydroxylation sites is 1. The van der Waals surface area contributed by atoms with Gasteiger partial charge >= 0.3 is 6.18 Å². The zero-order valence-electron chi connectivity index (χ0n) is 15.4. The second kappa shape index (κ2) is 7.20. The van der Waals surface area contributed by atoms with Crippen molar-refractivity contribution in [3.63, 3.8) is 0 Å². The van der Waals surface area contributed by atoms with E-state index in [2.05, 4.69) is 28.3 Å². The number of nitrogens with zero attached hydrogens (tertiary/aromatic N) is 3. The van der Waals surface area contributed by atoms with Crippen molar-refractivity contribution in [2.24, 2.45) is 0 Å². The number of halogens is 3. The fraction of sp³-hybridized carbons (Fsp3) is 0.190. The first-order valence-corrected chi connectivity index (χ1v) is 9.01. The van der Waals surface area contributed by atoms with Crippen molar-refractivity contribution in [3.05, 3.63) is 77.6 Å². The van der Waals surface area contributed by atoms with E-state index in [1.54, 1.807) is 0 Å². The van der Waals surface area contributed by atoms with E-state index in [0.29, 0.717) is 5.95 Å². The van der Waals surface area contributed by atoms with Gasteiger partial charge in [0, 0.05) is 29.8 Å². The summed E-state index contributed by atoms with van der Waals surface area (Å²) in [7, 11) is 0. The number of fused-ring (bicyclic) bond motifs is 1. The van der Waals surface area contributed by atoms with Crippen molar-refractivity contribution >= 4 is 23.2 Å². The number of alkyl halides is 3. The summed E-state index contributed by atoms with van der Waals surface area (Å²) in [5.74, 6) is -0.108. The lowest BCUT2D eigenvalue weighted by Gasteiger charge is -2.22. The molecule has 2 aromatic carbocycles. The number of hydrogen-bond donors (Lipinski definition) is 1. The van der Waals surface area contributed by atoms with Crippen LogP contribution in [0.15, 0.2) is 60.9 Å². The van der Waals surface area contributed by atoms with Crippen molar-refractivity contribution in [1.29, 1.82) is 0 Å². The Balaban J connectivity index is 1.52. The monoisotopic (exact) mass is 398 g/mol. The van der Waals surface area contributed by atoms with Crippen LogP contribution in [0.3, 0.4) is 0 Å². The van der Waals surface area contributed by atoms with Crippen molar-refractivity contribution in [2.45, 2.75) is 25.6 Å². The molecule has 4 rings (SSSR count). The maximum atomic E-state index is 12.8. The second-order valence-corrected chi connectivity index (χ2v) is 6.86. The third-order valence-electron chi connectivity index (χ3n) is 4.77. The molecule has 0 spiro atoms.